The Hall–Kier alpha value is -3.06. The van der Waals surface area contributed by atoms with Crippen molar-refractivity contribution in [2.24, 2.45) is 0 Å². The van der Waals surface area contributed by atoms with Gasteiger partial charge in [-0.2, -0.15) is 0 Å². The van der Waals surface area contributed by atoms with Gasteiger partial charge in [0.1, 0.15) is 6.04 Å². The van der Waals surface area contributed by atoms with Crippen LogP contribution >= 0.6 is 15.9 Å². The second kappa shape index (κ2) is 6.68. The number of nitro groups is 1. The molecular weight excluding hydrogens is 396 g/mol. The Labute approximate surface area is 157 Å². The summed E-state index contributed by atoms with van der Waals surface area (Å²) < 4.78 is 2.62. The molecule has 0 N–H and O–H groups in total. The van der Waals surface area contributed by atoms with Crippen LogP contribution in [0.2, 0.25) is 0 Å². The molecule has 6 nitrogen and oxygen atoms in total. The first kappa shape index (κ1) is 16.4. The van der Waals surface area contributed by atoms with Crippen molar-refractivity contribution < 1.29 is 4.92 Å². The number of aromatic nitrogens is 3. The zero-order chi connectivity index (χ0) is 18.1. The van der Waals surface area contributed by atoms with E-state index in [9.17, 15) is 10.1 Å². The Balaban J connectivity index is 1.99. The second-order valence-corrected chi connectivity index (χ2v) is 6.67. The van der Waals surface area contributed by atoms with Crippen LogP contribution in [0.1, 0.15) is 17.4 Å². The average Bonchev–Trinajstić information content (AvgIpc) is 3.06. The number of fused-ring (bicyclic) bond motifs is 1. The molecule has 7 heteroatoms. The van der Waals surface area contributed by atoms with Gasteiger partial charge >= 0.3 is 0 Å². The summed E-state index contributed by atoms with van der Waals surface area (Å²) >= 11 is 3.38. The highest BCUT2D eigenvalue weighted by molar-refractivity contribution is 9.10. The molecule has 3 aromatic heterocycles. The van der Waals surface area contributed by atoms with E-state index in [-0.39, 0.29) is 16.7 Å². The van der Waals surface area contributed by atoms with Crippen LogP contribution in [0, 0.1) is 10.1 Å². The van der Waals surface area contributed by atoms with Crippen LogP contribution in [0.15, 0.2) is 77.7 Å². The molecule has 0 unspecified atom stereocenters. The van der Waals surface area contributed by atoms with Gasteiger partial charge in [0.15, 0.2) is 0 Å². The predicted molar refractivity (Wildman–Crippen MR) is 102 cm³/mol. The number of benzene rings is 1. The number of nitrogens with zero attached hydrogens (tertiary/aromatic N) is 4. The summed E-state index contributed by atoms with van der Waals surface area (Å²) in [5.41, 5.74) is 2.43. The fourth-order valence-electron chi connectivity index (χ4n) is 3.10. The number of nitro benzene ring substituents is 1. The predicted octanol–water partition coefficient (Wildman–Crippen LogP) is 4.74. The quantitative estimate of drug-likeness (QED) is 0.361. The summed E-state index contributed by atoms with van der Waals surface area (Å²) in [5, 5.41) is 12.0. The maximum atomic E-state index is 11.4. The maximum Gasteiger partial charge on any atom is 0.279 e. The molecule has 128 valence electrons. The molecule has 0 saturated carbocycles. The highest BCUT2D eigenvalue weighted by Crippen LogP contribution is 2.35. The van der Waals surface area contributed by atoms with Crippen LogP contribution in [0.5, 0.6) is 0 Å². The zero-order valence-corrected chi connectivity index (χ0v) is 15.1. The summed E-state index contributed by atoms with van der Waals surface area (Å²) in [5.74, 6) is 0. The lowest BCUT2D eigenvalue weighted by Crippen LogP contribution is -2.14. The van der Waals surface area contributed by atoms with Crippen LogP contribution in [0.25, 0.3) is 10.9 Å². The van der Waals surface area contributed by atoms with E-state index < -0.39 is 0 Å². The molecule has 3 heterocycles. The fraction of sp³-hybridized carbons (Fsp3) is 0.0526. The molecule has 1 aromatic carbocycles. The molecule has 0 aliphatic carbocycles. The van der Waals surface area contributed by atoms with Gasteiger partial charge in [-0.3, -0.25) is 20.1 Å². The molecule has 0 spiro atoms. The van der Waals surface area contributed by atoms with Gasteiger partial charge < -0.3 is 4.57 Å². The Morgan fingerprint density at radius 3 is 2.19 bits per heavy atom. The Morgan fingerprint density at radius 2 is 1.65 bits per heavy atom. The maximum absolute atomic E-state index is 11.4. The van der Waals surface area contributed by atoms with Gasteiger partial charge in [0, 0.05) is 29.1 Å². The lowest BCUT2D eigenvalue weighted by atomic mass is 10.1. The largest absolute Gasteiger partial charge is 0.332 e. The van der Waals surface area contributed by atoms with Crippen LogP contribution in [-0.4, -0.2) is 19.5 Å². The molecular formula is C19H13BrN4O2. The number of hydrogen-bond donors (Lipinski definition) is 0. The average molecular weight is 409 g/mol. The van der Waals surface area contributed by atoms with Crippen molar-refractivity contribution in [1.82, 2.24) is 14.5 Å². The third kappa shape index (κ3) is 2.86. The van der Waals surface area contributed by atoms with Gasteiger partial charge in [0.25, 0.3) is 5.69 Å². The summed E-state index contributed by atoms with van der Waals surface area (Å²) in [7, 11) is 0. The lowest BCUT2D eigenvalue weighted by molar-refractivity contribution is -0.383. The number of pyridine rings is 2. The number of hydrogen-bond acceptors (Lipinski definition) is 4. The molecule has 26 heavy (non-hydrogen) atoms. The molecule has 0 amide bonds. The second-order valence-electron chi connectivity index (χ2n) is 5.75. The summed E-state index contributed by atoms with van der Waals surface area (Å²) in [6, 6.07) is 16.3. The Morgan fingerprint density at radius 1 is 1.00 bits per heavy atom. The van der Waals surface area contributed by atoms with Crippen LogP contribution in [0.4, 0.5) is 5.69 Å². The zero-order valence-electron chi connectivity index (χ0n) is 13.5. The highest BCUT2D eigenvalue weighted by Gasteiger charge is 2.23. The van der Waals surface area contributed by atoms with Gasteiger partial charge in [-0.05, 0) is 36.4 Å². The van der Waals surface area contributed by atoms with Gasteiger partial charge in [-0.15, -0.1) is 0 Å². The smallest absolute Gasteiger partial charge is 0.279 e. The van der Waals surface area contributed by atoms with Crippen LogP contribution in [-0.2, 0) is 0 Å². The lowest BCUT2D eigenvalue weighted by Gasteiger charge is -2.19. The minimum atomic E-state index is -0.367. The monoisotopic (exact) mass is 408 g/mol. The molecule has 0 aliphatic heterocycles. The van der Waals surface area contributed by atoms with Gasteiger partial charge in [-0.25, -0.2) is 0 Å². The van der Waals surface area contributed by atoms with Crippen molar-refractivity contribution in [2.45, 2.75) is 6.04 Å². The molecule has 4 aromatic rings. The van der Waals surface area contributed by atoms with E-state index in [1.165, 1.54) is 6.07 Å². The van der Waals surface area contributed by atoms with Crippen LogP contribution in [0.3, 0.4) is 0 Å². The third-order valence-corrected chi connectivity index (χ3v) is 4.65. The highest BCUT2D eigenvalue weighted by atomic mass is 79.9. The van der Waals surface area contributed by atoms with E-state index in [4.69, 9.17) is 0 Å². The van der Waals surface area contributed by atoms with E-state index in [1.807, 2.05) is 53.2 Å². The normalized spacial score (nSPS) is 11.2. The van der Waals surface area contributed by atoms with E-state index in [2.05, 4.69) is 25.9 Å². The molecule has 0 bridgehead atoms. The topological polar surface area (TPSA) is 73.8 Å². The summed E-state index contributed by atoms with van der Waals surface area (Å²) in [6.45, 7) is 0. The van der Waals surface area contributed by atoms with Gasteiger partial charge in [0.2, 0.25) is 0 Å². The molecule has 4 rings (SSSR count). The Kier molecular flexibility index (Phi) is 4.22. The first-order chi connectivity index (χ1) is 12.6. The van der Waals surface area contributed by atoms with Gasteiger partial charge in [0.05, 0.1) is 27.2 Å². The Bertz CT molecular complexity index is 1040. The number of rotatable bonds is 4. The van der Waals surface area contributed by atoms with E-state index in [0.29, 0.717) is 9.86 Å². The molecule has 0 aliphatic rings. The minimum Gasteiger partial charge on any atom is -0.332 e. The van der Waals surface area contributed by atoms with E-state index in [0.717, 1.165) is 16.9 Å². The standard InChI is InChI=1S/C19H13BrN4O2/c20-13-11-17-14(18(12-13)24(25)26)7-10-23(17)19(15-5-1-3-8-21-15)16-6-2-4-9-22-16/h1-12,19H. The SMILES string of the molecule is O=[N+]([O-])c1cc(Br)cc2c1ccn2C(c1ccccn1)c1ccccn1. The molecule has 0 fully saturated rings. The van der Waals surface area contributed by atoms with Crippen LogP contribution < -0.4 is 0 Å². The minimum absolute atomic E-state index is 0.0638. The summed E-state index contributed by atoms with van der Waals surface area (Å²) in [4.78, 5) is 20.1. The van der Waals surface area contributed by atoms with Crippen molar-refractivity contribution in [1.29, 1.82) is 0 Å². The van der Waals surface area contributed by atoms with E-state index >= 15 is 0 Å². The first-order valence-electron chi connectivity index (χ1n) is 7.91. The molecule has 0 radical (unpaired) electrons. The number of non-ortho nitro benzene ring substituents is 1. The first-order valence-corrected chi connectivity index (χ1v) is 8.71. The molecule has 0 atom stereocenters. The van der Waals surface area contributed by atoms with Gasteiger partial charge in [-0.1, -0.05) is 28.1 Å². The number of halogens is 1. The van der Waals surface area contributed by atoms with Crippen molar-refractivity contribution >= 4 is 32.5 Å². The third-order valence-electron chi connectivity index (χ3n) is 4.19. The van der Waals surface area contributed by atoms with Crippen molar-refractivity contribution in [3.05, 3.63) is 99.2 Å². The van der Waals surface area contributed by atoms with Crippen molar-refractivity contribution in [3.8, 4) is 0 Å². The van der Waals surface area contributed by atoms with E-state index in [1.54, 1.807) is 18.5 Å². The van der Waals surface area contributed by atoms with Crippen molar-refractivity contribution in [2.75, 3.05) is 0 Å². The van der Waals surface area contributed by atoms with Crippen molar-refractivity contribution in [3.63, 3.8) is 0 Å². The molecule has 0 saturated heterocycles. The fourth-order valence-corrected chi connectivity index (χ4v) is 3.53. The summed E-state index contributed by atoms with van der Waals surface area (Å²) in [6.07, 6.45) is 5.31.